The van der Waals surface area contributed by atoms with Gasteiger partial charge >= 0.3 is 6.09 Å². The lowest BCUT2D eigenvalue weighted by Crippen LogP contribution is -2.52. The van der Waals surface area contributed by atoms with E-state index in [0.29, 0.717) is 6.61 Å². The molecule has 0 spiro atoms. The molecule has 4 aromatic carbocycles. The maximum Gasteiger partial charge on any atom is 0.408 e. The zero-order valence-corrected chi connectivity index (χ0v) is 28.4. The molecule has 0 unspecified atom stereocenters. The Morgan fingerprint density at radius 1 is 0.860 bits per heavy atom. The smallest absolute Gasteiger partial charge is 0.408 e. The first-order valence-corrected chi connectivity index (χ1v) is 17.1. The Balaban J connectivity index is 1.22. The van der Waals surface area contributed by atoms with E-state index in [1.807, 2.05) is 69.3 Å². The van der Waals surface area contributed by atoms with Gasteiger partial charge in [0.15, 0.2) is 5.82 Å². The van der Waals surface area contributed by atoms with Gasteiger partial charge in [-0.1, -0.05) is 66.7 Å². The lowest BCUT2D eigenvalue weighted by molar-refractivity contribution is 0.0377. The molecule has 2 aromatic heterocycles. The molecule has 0 atom stereocenters. The van der Waals surface area contributed by atoms with Crippen molar-refractivity contribution in [2.75, 3.05) is 5.32 Å². The second kappa shape index (κ2) is 12.5. The Morgan fingerprint density at radius 2 is 1.58 bits per heavy atom. The number of ether oxygens (including phenoxy) is 2. The Hall–Kier alpha value is -5.89. The van der Waals surface area contributed by atoms with Gasteiger partial charge in [-0.3, -0.25) is 4.57 Å². The maximum absolute atomic E-state index is 12.9. The number of anilines is 2. The number of pyridine rings is 1. The van der Waals surface area contributed by atoms with Gasteiger partial charge in [-0.2, -0.15) is 0 Å². The minimum Gasteiger partial charge on any atom is -0.489 e. The van der Waals surface area contributed by atoms with Gasteiger partial charge in [-0.15, -0.1) is 0 Å². The number of carbonyl (C=O) groups is 1. The number of imidazole rings is 1. The topological polar surface area (TPSA) is 90.3 Å². The van der Waals surface area contributed by atoms with E-state index in [1.165, 1.54) is 0 Å². The molecule has 1 fully saturated rings. The van der Waals surface area contributed by atoms with Gasteiger partial charge in [0.1, 0.15) is 23.8 Å². The summed E-state index contributed by atoms with van der Waals surface area (Å²) in [4.78, 5) is 23.0. The van der Waals surface area contributed by atoms with Crippen LogP contribution in [0.2, 0.25) is 0 Å². The molecule has 1 amide bonds. The highest BCUT2D eigenvalue weighted by atomic mass is 16.6. The van der Waals surface area contributed by atoms with Crippen molar-refractivity contribution in [3.05, 3.63) is 133 Å². The van der Waals surface area contributed by atoms with Gasteiger partial charge in [0.25, 0.3) is 0 Å². The Kier molecular flexibility index (Phi) is 7.86. The van der Waals surface area contributed by atoms with Gasteiger partial charge < -0.3 is 20.1 Å². The molecule has 0 saturated heterocycles. The molecule has 8 rings (SSSR count). The highest BCUT2D eigenvalue weighted by Crippen LogP contribution is 2.46. The summed E-state index contributed by atoms with van der Waals surface area (Å²) in [6.45, 7) is 6.14. The van der Waals surface area contributed by atoms with E-state index in [2.05, 4.69) is 81.9 Å². The molecule has 8 heteroatoms. The second-order valence-electron chi connectivity index (χ2n) is 13.9. The van der Waals surface area contributed by atoms with E-state index in [4.69, 9.17) is 19.4 Å². The summed E-state index contributed by atoms with van der Waals surface area (Å²) in [6, 6.07) is 39.1. The molecule has 0 radical (unpaired) electrons. The number of rotatable bonds is 7. The number of aromatic nitrogens is 3. The molecule has 1 saturated carbocycles. The van der Waals surface area contributed by atoms with Crippen molar-refractivity contribution in [2.24, 2.45) is 0 Å². The first-order valence-electron chi connectivity index (χ1n) is 17.1. The molecule has 250 valence electrons. The molecule has 1 aliphatic heterocycles. The van der Waals surface area contributed by atoms with Gasteiger partial charge in [0.05, 0.1) is 28.3 Å². The molecule has 0 bridgehead atoms. The highest BCUT2D eigenvalue weighted by molar-refractivity contribution is 5.91. The van der Waals surface area contributed by atoms with Gasteiger partial charge in [-0.05, 0) is 99.7 Å². The van der Waals surface area contributed by atoms with Crippen molar-refractivity contribution < 1.29 is 14.3 Å². The summed E-state index contributed by atoms with van der Waals surface area (Å²) in [6.07, 6.45) is 4.17. The summed E-state index contributed by atoms with van der Waals surface area (Å²) in [7, 11) is 0. The SMILES string of the molecule is CC(C)(C)OC(=O)NC1(c2ccc(-c3c(-c4ccc(OCc5ccccc5)cc4)nc4n3-c3cccnc3Nc3ccccc3-4)cc2)CCC1. The summed E-state index contributed by atoms with van der Waals surface area (Å²) < 4.78 is 14.0. The number of para-hydroxylation sites is 1. The lowest BCUT2D eigenvalue weighted by atomic mass is 9.71. The monoisotopic (exact) mass is 661 g/mol. The minimum absolute atomic E-state index is 0.392. The van der Waals surface area contributed by atoms with Gasteiger partial charge in [0, 0.05) is 22.9 Å². The zero-order valence-electron chi connectivity index (χ0n) is 28.4. The number of carbonyl (C=O) groups excluding carboxylic acids is 1. The fourth-order valence-corrected chi connectivity index (χ4v) is 6.80. The number of alkyl carbamates (subject to hydrolysis) is 1. The number of hydrogen-bond acceptors (Lipinski definition) is 6. The van der Waals surface area contributed by atoms with Crippen LogP contribution in [-0.4, -0.2) is 26.2 Å². The van der Waals surface area contributed by atoms with Crippen molar-refractivity contribution in [1.29, 1.82) is 0 Å². The summed E-state index contributed by atoms with van der Waals surface area (Å²) in [5, 5.41) is 6.74. The third-order valence-corrected chi connectivity index (χ3v) is 9.36. The van der Waals surface area contributed by atoms with Crippen molar-refractivity contribution in [2.45, 2.75) is 57.8 Å². The first kappa shape index (κ1) is 31.4. The van der Waals surface area contributed by atoms with E-state index in [-0.39, 0.29) is 0 Å². The summed E-state index contributed by atoms with van der Waals surface area (Å²) >= 11 is 0. The fourth-order valence-electron chi connectivity index (χ4n) is 6.80. The van der Waals surface area contributed by atoms with E-state index in [9.17, 15) is 4.79 Å². The average Bonchev–Trinajstić information content (AvgIpc) is 3.43. The normalized spacial score (nSPS) is 14.1. The van der Waals surface area contributed by atoms with Crippen LogP contribution in [0.5, 0.6) is 5.75 Å². The van der Waals surface area contributed by atoms with Crippen LogP contribution in [0.4, 0.5) is 16.3 Å². The Labute approximate surface area is 292 Å². The van der Waals surface area contributed by atoms with Crippen molar-refractivity contribution >= 4 is 17.6 Å². The van der Waals surface area contributed by atoms with E-state index < -0.39 is 17.2 Å². The third kappa shape index (κ3) is 5.98. The highest BCUT2D eigenvalue weighted by Gasteiger charge is 2.41. The number of fused-ring (bicyclic) bond motifs is 5. The van der Waals surface area contributed by atoms with Crippen molar-refractivity contribution in [1.82, 2.24) is 19.9 Å². The average molecular weight is 662 g/mol. The van der Waals surface area contributed by atoms with E-state index in [1.54, 1.807) is 6.20 Å². The van der Waals surface area contributed by atoms with Crippen LogP contribution < -0.4 is 15.4 Å². The third-order valence-electron chi connectivity index (χ3n) is 9.36. The van der Waals surface area contributed by atoms with Crippen LogP contribution in [-0.2, 0) is 16.9 Å². The zero-order chi connectivity index (χ0) is 34.3. The summed E-state index contributed by atoms with van der Waals surface area (Å²) in [5.41, 5.74) is 7.73. The number of nitrogens with one attached hydrogen (secondary N) is 2. The lowest BCUT2D eigenvalue weighted by Gasteiger charge is -2.43. The quantitative estimate of drug-likeness (QED) is 0.177. The number of amides is 1. The van der Waals surface area contributed by atoms with Gasteiger partial charge in [-0.25, -0.2) is 14.8 Å². The molecule has 2 aliphatic rings. The number of nitrogens with zero attached hydrogens (tertiary/aromatic N) is 3. The van der Waals surface area contributed by atoms with Crippen molar-refractivity contribution in [3.8, 4) is 45.3 Å². The standard InChI is InChI=1S/C42H39N5O3/c1-41(2,3)50-40(48)46-42(24-10-25-42)31-20-16-30(17-21-31)37-36(29-18-22-32(23-19-29)49-27-28-11-5-4-6-12-28)45-39-33-13-7-8-14-34(33)44-38-35(47(37)39)15-9-26-43-38/h4-9,11-23,26H,10,24-25,27H2,1-3H3,(H,43,44)(H,46,48). The molecule has 1 aliphatic carbocycles. The number of benzene rings is 4. The predicted molar refractivity (Wildman–Crippen MR) is 197 cm³/mol. The fraction of sp³-hybridized carbons (Fsp3) is 0.214. The van der Waals surface area contributed by atoms with E-state index in [0.717, 1.165) is 87.2 Å². The number of hydrogen-bond donors (Lipinski definition) is 2. The Morgan fingerprint density at radius 3 is 2.30 bits per heavy atom. The molecular weight excluding hydrogens is 622 g/mol. The van der Waals surface area contributed by atoms with E-state index >= 15 is 0 Å². The molecule has 6 aromatic rings. The van der Waals surface area contributed by atoms with Crippen LogP contribution in [0.25, 0.3) is 39.6 Å². The van der Waals surface area contributed by atoms with Crippen LogP contribution in [0.15, 0.2) is 121 Å². The Bertz CT molecular complexity index is 2160. The molecule has 2 N–H and O–H groups in total. The van der Waals surface area contributed by atoms with Crippen LogP contribution in [0, 0.1) is 0 Å². The summed E-state index contributed by atoms with van der Waals surface area (Å²) in [5.74, 6) is 2.36. The van der Waals surface area contributed by atoms with Gasteiger partial charge in [0.2, 0.25) is 0 Å². The molecule has 8 nitrogen and oxygen atoms in total. The molecular formula is C42H39N5O3. The predicted octanol–water partition coefficient (Wildman–Crippen LogP) is 9.81. The largest absolute Gasteiger partial charge is 0.489 e. The maximum atomic E-state index is 12.9. The first-order chi connectivity index (χ1) is 24.3. The minimum atomic E-state index is -0.570. The van der Waals surface area contributed by atoms with Crippen molar-refractivity contribution in [3.63, 3.8) is 0 Å². The van der Waals surface area contributed by atoms with Crippen LogP contribution in [0.1, 0.15) is 51.2 Å². The molecule has 3 heterocycles. The molecule has 50 heavy (non-hydrogen) atoms. The van der Waals surface area contributed by atoms with Crippen LogP contribution in [0.3, 0.4) is 0 Å². The van der Waals surface area contributed by atoms with Crippen LogP contribution >= 0.6 is 0 Å². The second-order valence-corrected chi connectivity index (χ2v) is 13.9.